The Kier molecular flexibility index (Phi) is 4.88. The summed E-state index contributed by atoms with van der Waals surface area (Å²) in [5.74, 6) is 0. The average Bonchev–Trinajstić information content (AvgIpc) is 2.46. The number of hydrogen-bond acceptors (Lipinski definition) is 3. The van der Waals surface area contributed by atoms with Crippen molar-refractivity contribution in [2.24, 2.45) is 5.73 Å². The van der Waals surface area contributed by atoms with Gasteiger partial charge in [-0.25, -0.2) is 0 Å². The molecule has 18 heavy (non-hydrogen) atoms. The minimum absolute atomic E-state index is 0.760. The maximum Gasteiger partial charge on any atom is 0.0367 e. The highest BCUT2D eigenvalue weighted by Crippen LogP contribution is 2.23. The molecule has 1 saturated heterocycles. The van der Waals surface area contributed by atoms with E-state index in [9.17, 15) is 0 Å². The third-order valence-corrected chi connectivity index (χ3v) is 3.71. The van der Waals surface area contributed by atoms with E-state index in [1.807, 2.05) is 0 Å². The highest BCUT2D eigenvalue weighted by Gasteiger charge is 2.10. The van der Waals surface area contributed by atoms with E-state index >= 15 is 0 Å². The Morgan fingerprint density at radius 3 is 2.39 bits per heavy atom. The van der Waals surface area contributed by atoms with Crippen LogP contribution in [0.1, 0.15) is 25.7 Å². The van der Waals surface area contributed by atoms with Gasteiger partial charge in [-0.1, -0.05) is 0 Å². The van der Waals surface area contributed by atoms with Crippen LogP contribution >= 0.6 is 0 Å². The largest absolute Gasteiger partial charge is 0.375 e. The average molecular weight is 247 g/mol. The van der Waals surface area contributed by atoms with Gasteiger partial charge in [0.15, 0.2) is 0 Å². The molecule has 0 radical (unpaired) electrons. The van der Waals surface area contributed by atoms with Crippen LogP contribution in [0.4, 0.5) is 11.4 Å². The standard InChI is InChI=1S/C15H25N3/c1-17(11-5-10-16)14-6-8-15(9-7-14)18-12-3-2-4-13-18/h6-9H,2-5,10-13,16H2,1H3. The molecule has 1 aromatic rings. The van der Waals surface area contributed by atoms with Gasteiger partial charge in [-0.15, -0.1) is 0 Å². The van der Waals surface area contributed by atoms with E-state index in [2.05, 4.69) is 41.1 Å². The highest BCUT2D eigenvalue weighted by atomic mass is 15.1. The van der Waals surface area contributed by atoms with Crippen LogP contribution in [0, 0.1) is 0 Å². The zero-order valence-electron chi connectivity index (χ0n) is 11.4. The zero-order valence-corrected chi connectivity index (χ0v) is 11.4. The molecule has 0 amide bonds. The predicted octanol–water partition coefficient (Wildman–Crippen LogP) is 2.46. The van der Waals surface area contributed by atoms with Crippen molar-refractivity contribution in [3.05, 3.63) is 24.3 Å². The van der Waals surface area contributed by atoms with Gasteiger partial charge >= 0.3 is 0 Å². The first-order chi connectivity index (χ1) is 8.81. The summed E-state index contributed by atoms with van der Waals surface area (Å²) >= 11 is 0. The summed E-state index contributed by atoms with van der Waals surface area (Å²) in [5, 5.41) is 0. The van der Waals surface area contributed by atoms with E-state index in [1.54, 1.807) is 0 Å². The molecule has 0 aromatic heterocycles. The van der Waals surface area contributed by atoms with E-state index in [0.29, 0.717) is 0 Å². The Hall–Kier alpha value is -1.22. The van der Waals surface area contributed by atoms with Gasteiger partial charge < -0.3 is 15.5 Å². The Morgan fingerprint density at radius 2 is 1.78 bits per heavy atom. The first-order valence-corrected chi connectivity index (χ1v) is 7.07. The summed E-state index contributed by atoms with van der Waals surface area (Å²) in [4.78, 5) is 4.76. The molecular weight excluding hydrogens is 222 g/mol. The van der Waals surface area contributed by atoms with Crippen LogP contribution in [-0.2, 0) is 0 Å². The van der Waals surface area contributed by atoms with Gasteiger partial charge in [0.05, 0.1) is 0 Å². The molecule has 2 N–H and O–H groups in total. The summed E-state index contributed by atoms with van der Waals surface area (Å²) in [5.41, 5.74) is 8.19. The normalized spacial score (nSPS) is 15.8. The van der Waals surface area contributed by atoms with E-state index in [1.165, 1.54) is 43.7 Å². The van der Waals surface area contributed by atoms with Crippen molar-refractivity contribution in [3.63, 3.8) is 0 Å². The Balaban J connectivity index is 1.95. The van der Waals surface area contributed by atoms with Crippen molar-refractivity contribution < 1.29 is 0 Å². The molecule has 3 nitrogen and oxygen atoms in total. The Morgan fingerprint density at radius 1 is 1.11 bits per heavy atom. The topological polar surface area (TPSA) is 32.5 Å². The number of rotatable bonds is 5. The van der Waals surface area contributed by atoms with Gasteiger partial charge in [-0.05, 0) is 56.5 Å². The van der Waals surface area contributed by atoms with E-state index in [0.717, 1.165) is 19.5 Å². The predicted molar refractivity (Wildman–Crippen MR) is 79.4 cm³/mol. The number of nitrogens with two attached hydrogens (primary N) is 1. The second-order valence-corrected chi connectivity index (χ2v) is 5.13. The lowest BCUT2D eigenvalue weighted by Gasteiger charge is -2.29. The lowest BCUT2D eigenvalue weighted by Crippen LogP contribution is -2.29. The maximum absolute atomic E-state index is 5.54. The summed E-state index contributed by atoms with van der Waals surface area (Å²) in [7, 11) is 2.13. The second-order valence-electron chi connectivity index (χ2n) is 5.13. The number of piperidine rings is 1. The smallest absolute Gasteiger partial charge is 0.0367 e. The van der Waals surface area contributed by atoms with Crippen molar-refractivity contribution in [3.8, 4) is 0 Å². The molecule has 0 aliphatic carbocycles. The number of anilines is 2. The number of benzene rings is 1. The van der Waals surface area contributed by atoms with E-state index in [4.69, 9.17) is 5.73 Å². The Bertz CT molecular complexity index is 341. The van der Waals surface area contributed by atoms with Gasteiger partial charge in [0, 0.05) is 38.1 Å². The summed E-state index contributed by atoms with van der Waals surface area (Å²) in [6.07, 6.45) is 5.09. The molecule has 3 heteroatoms. The maximum atomic E-state index is 5.54. The molecule has 1 fully saturated rings. The second kappa shape index (κ2) is 6.64. The van der Waals surface area contributed by atoms with Crippen molar-refractivity contribution in [1.29, 1.82) is 0 Å². The molecule has 0 saturated carbocycles. The van der Waals surface area contributed by atoms with Gasteiger partial charge in [0.1, 0.15) is 0 Å². The van der Waals surface area contributed by atoms with Crippen LogP contribution in [-0.4, -0.2) is 33.2 Å². The third kappa shape index (κ3) is 3.39. The van der Waals surface area contributed by atoms with Gasteiger partial charge in [-0.3, -0.25) is 0 Å². The van der Waals surface area contributed by atoms with E-state index in [-0.39, 0.29) is 0 Å². The number of hydrogen-bond donors (Lipinski definition) is 1. The molecule has 0 atom stereocenters. The molecule has 0 bridgehead atoms. The van der Waals surface area contributed by atoms with Crippen molar-refractivity contribution in [1.82, 2.24) is 0 Å². The molecule has 0 unspecified atom stereocenters. The summed E-state index contributed by atoms with van der Waals surface area (Å²) < 4.78 is 0. The zero-order chi connectivity index (χ0) is 12.8. The fourth-order valence-electron chi connectivity index (χ4n) is 2.53. The third-order valence-electron chi connectivity index (χ3n) is 3.71. The molecule has 1 aromatic carbocycles. The lowest BCUT2D eigenvalue weighted by atomic mass is 10.1. The fourth-order valence-corrected chi connectivity index (χ4v) is 2.53. The summed E-state index contributed by atoms with van der Waals surface area (Å²) in [6.45, 7) is 4.21. The van der Waals surface area contributed by atoms with Crippen LogP contribution in [0.25, 0.3) is 0 Å². The Labute approximate surface area is 111 Å². The van der Waals surface area contributed by atoms with Crippen molar-refractivity contribution in [2.75, 3.05) is 43.0 Å². The van der Waals surface area contributed by atoms with Gasteiger partial charge in [-0.2, -0.15) is 0 Å². The first-order valence-electron chi connectivity index (χ1n) is 7.07. The van der Waals surface area contributed by atoms with Crippen LogP contribution in [0.15, 0.2) is 24.3 Å². The lowest BCUT2D eigenvalue weighted by molar-refractivity contribution is 0.578. The minimum atomic E-state index is 0.760. The van der Waals surface area contributed by atoms with Crippen molar-refractivity contribution >= 4 is 11.4 Å². The van der Waals surface area contributed by atoms with E-state index < -0.39 is 0 Å². The SMILES string of the molecule is CN(CCCN)c1ccc(N2CCCCC2)cc1. The molecule has 100 valence electrons. The van der Waals surface area contributed by atoms with Crippen LogP contribution < -0.4 is 15.5 Å². The first kappa shape index (κ1) is 13.2. The fraction of sp³-hybridized carbons (Fsp3) is 0.600. The highest BCUT2D eigenvalue weighted by molar-refractivity contribution is 5.56. The number of nitrogens with zero attached hydrogens (tertiary/aromatic N) is 2. The van der Waals surface area contributed by atoms with Crippen LogP contribution in [0.3, 0.4) is 0 Å². The van der Waals surface area contributed by atoms with Crippen molar-refractivity contribution in [2.45, 2.75) is 25.7 Å². The molecule has 2 rings (SSSR count). The summed E-state index contributed by atoms with van der Waals surface area (Å²) in [6, 6.07) is 8.94. The molecule has 0 spiro atoms. The minimum Gasteiger partial charge on any atom is -0.375 e. The molecule has 1 heterocycles. The van der Waals surface area contributed by atoms with Gasteiger partial charge in [0.25, 0.3) is 0 Å². The monoisotopic (exact) mass is 247 g/mol. The van der Waals surface area contributed by atoms with Crippen LogP contribution in [0.2, 0.25) is 0 Å². The molecule has 1 aliphatic heterocycles. The molecular formula is C15H25N3. The molecule has 1 aliphatic rings. The van der Waals surface area contributed by atoms with Crippen LogP contribution in [0.5, 0.6) is 0 Å². The quantitative estimate of drug-likeness (QED) is 0.867. The van der Waals surface area contributed by atoms with Gasteiger partial charge in [0.2, 0.25) is 0 Å².